The lowest BCUT2D eigenvalue weighted by Crippen LogP contribution is -2.43. The summed E-state index contributed by atoms with van der Waals surface area (Å²) < 4.78 is 22.9. The molecular formula is C14H32O5Si3. The summed E-state index contributed by atoms with van der Waals surface area (Å²) in [5.41, 5.74) is 0.419. The zero-order chi connectivity index (χ0) is 17.4. The molecule has 0 aromatic rings. The topological polar surface area (TPSA) is 54.0 Å². The highest BCUT2D eigenvalue weighted by Gasteiger charge is 2.27. The van der Waals surface area contributed by atoms with Crippen LogP contribution in [-0.4, -0.2) is 51.5 Å². The Balaban J connectivity index is 4.03. The molecule has 8 heteroatoms. The largest absolute Gasteiger partial charge is 0.462 e. The Labute approximate surface area is 139 Å². The smallest absolute Gasteiger partial charge is 0.333 e. The molecule has 0 unspecified atom stereocenters. The summed E-state index contributed by atoms with van der Waals surface area (Å²) in [6.07, 6.45) is 0.679. The lowest BCUT2D eigenvalue weighted by molar-refractivity contribution is -0.139. The average Bonchev–Trinajstić information content (AvgIpc) is 2.28. The maximum absolute atomic E-state index is 11.2. The van der Waals surface area contributed by atoms with Crippen LogP contribution in [0.1, 0.15) is 13.3 Å². The number of carbonyl (C=O) groups excluding carboxylic acids is 1. The minimum Gasteiger partial charge on any atom is -0.462 e. The van der Waals surface area contributed by atoms with Crippen molar-refractivity contribution in [1.29, 1.82) is 0 Å². The van der Waals surface area contributed by atoms with E-state index in [1.165, 1.54) is 0 Å². The van der Waals surface area contributed by atoms with Crippen LogP contribution < -0.4 is 0 Å². The average molecular weight is 365 g/mol. The molecule has 0 radical (unpaired) electrons. The van der Waals surface area contributed by atoms with E-state index < -0.39 is 26.4 Å². The molecule has 0 fully saturated rings. The number of esters is 1. The standard InChI is InChI=1S/C14H32O5Si3/c1-12(2)13(15)16-10-9-11-17-20-14(18-21(3,4)5)19-22(6,7)8/h14H,1,9-11,20H2,2-8H3. The minimum atomic E-state index is -1.65. The van der Waals surface area contributed by atoms with Crippen LogP contribution in [0, 0.1) is 0 Å². The van der Waals surface area contributed by atoms with E-state index in [1.54, 1.807) is 6.92 Å². The molecule has 0 rings (SSSR count). The quantitative estimate of drug-likeness (QED) is 0.185. The maximum Gasteiger partial charge on any atom is 0.333 e. The Bertz CT molecular complexity index is 344. The zero-order valence-corrected chi connectivity index (χ0v) is 18.6. The van der Waals surface area contributed by atoms with E-state index in [2.05, 4.69) is 45.9 Å². The van der Waals surface area contributed by atoms with Crippen molar-refractivity contribution in [1.82, 2.24) is 0 Å². The molecule has 130 valence electrons. The van der Waals surface area contributed by atoms with Gasteiger partial charge in [0, 0.05) is 18.6 Å². The van der Waals surface area contributed by atoms with Crippen molar-refractivity contribution >= 4 is 32.4 Å². The van der Waals surface area contributed by atoms with Crippen molar-refractivity contribution < 1.29 is 22.8 Å². The minimum absolute atomic E-state index is 0.170. The van der Waals surface area contributed by atoms with E-state index in [1.807, 2.05) is 0 Å². The van der Waals surface area contributed by atoms with Crippen LogP contribution in [0.2, 0.25) is 39.3 Å². The Morgan fingerprint density at radius 3 is 1.95 bits per heavy atom. The molecule has 0 aromatic heterocycles. The summed E-state index contributed by atoms with van der Waals surface area (Å²) in [5.74, 6) is -0.518. The van der Waals surface area contributed by atoms with Crippen molar-refractivity contribution in [2.45, 2.75) is 58.5 Å². The van der Waals surface area contributed by atoms with Gasteiger partial charge in [0.05, 0.1) is 6.61 Å². The molecule has 0 spiro atoms. The monoisotopic (exact) mass is 364 g/mol. The summed E-state index contributed by atoms with van der Waals surface area (Å²) >= 11 is 0. The fraction of sp³-hybridized carbons (Fsp3) is 0.786. The van der Waals surface area contributed by atoms with E-state index in [-0.39, 0.29) is 11.9 Å². The fourth-order valence-electron chi connectivity index (χ4n) is 1.51. The molecule has 0 amide bonds. The Morgan fingerprint density at radius 2 is 1.55 bits per heavy atom. The molecule has 0 aromatic carbocycles. The SMILES string of the molecule is C=C(C)C(=O)OCCCO[SiH2]C(O[Si](C)(C)C)O[Si](C)(C)C. The van der Waals surface area contributed by atoms with Crippen molar-refractivity contribution in [2.75, 3.05) is 13.2 Å². The van der Waals surface area contributed by atoms with Gasteiger partial charge in [-0.25, -0.2) is 4.79 Å². The second-order valence-electron chi connectivity index (χ2n) is 7.23. The number of hydrogen-bond donors (Lipinski definition) is 0. The van der Waals surface area contributed by atoms with Crippen LogP contribution in [-0.2, 0) is 22.8 Å². The lowest BCUT2D eigenvalue weighted by atomic mass is 10.4. The molecule has 0 N–H and O–H groups in total. The van der Waals surface area contributed by atoms with Gasteiger partial charge in [-0.05, 0) is 46.2 Å². The van der Waals surface area contributed by atoms with E-state index in [9.17, 15) is 4.79 Å². The van der Waals surface area contributed by atoms with Crippen molar-refractivity contribution in [3.05, 3.63) is 12.2 Å². The highest BCUT2D eigenvalue weighted by atomic mass is 28.4. The molecule has 0 bridgehead atoms. The van der Waals surface area contributed by atoms with Gasteiger partial charge in [0.1, 0.15) is 5.91 Å². The Kier molecular flexibility index (Phi) is 9.67. The van der Waals surface area contributed by atoms with Crippen molar-refractivity contribution in [2.24, 2.45) is 0 Å². The number of ether oxygens (including phenoxy) is 1. The third-order valence-electron chi connectivity index (χ3n) is 2.24. The summed E-state index contributed by atoms with van der Waals surface area (Å²) in [4.78, 5) is 11.2. The molecule has 0 aliphatic heterocycles. The molecule has 0 saturated carbocycles. The second kappa shape index (κ2) is 9.78. The van der Waals surface area contributed by atoms with Gasteiger partial charge in [0.25, 0.3) is 0 Å². The van der Waals surface area contributed by atoms with Crippen LogP contribution in [0.3, 0.4) is 0 Å². The predicted molar refractivity (Wildman–Crippen MR) is 97.5 cm³/mol. The van der Waals surface area contributed by atoms with Crippen LogP contribution in [0.4, 0.5) is 0 Å². The van der Waals surface area contributed by atoms with Gasteiger partial charge >= 0.3 is 5.97 Å². The van der Waals surface area contributed by atoms with Gasteiger partial charge in [0.15, 0.2) is 16.6 Å². The second-order valence-corrected chi connectivity index (χ2v) is 17.6. The summed E-state index contributed by atoms with van der Waals surface area (Å²) in [6.45, 7) is 19.0. The zero-order valence-electron chi connectivity index (χ0n) is 15.2. The Hall–Kier alpha value is -0.259. The van der Waals surface area contributed by atoms with E-state index in [0.29, 0.717) is 25.2 Å². The van der Waals surface area contributed by atoms with Gasteiger partial charge in [-0.15, -0.1) is 0 Å². The normalized spacial score (nSPS) is 13.1. The highest BCUT2D eigenvalue weighted by Crippen LogP contribution is 2.13. The lowest BCUT2D eigenvalue weighted by Gasteiger charge is -2.31. The number of carbonyl (C=O) groups is 1. The van der Waals surface area contributed by atoms with Gasteiger partial charge in [-0.1, -0.05) is 6.58 Å². The first-order valence-corrected chi connectivity index (χ1v) is 15.9. The number of rotatable bonds is 11. The fourth-order valence-corrected chi connectivity index (χ4v) is 7.39. The van der Waals surface area contributed by atoms with Crippen LogP contribution >= 0.6 is 0 Å². The molecule has 0 saturated heterocycles. The third kappa shape index (κ3) is 13.4. The van der Waals surface area contributed by atoms with Crippen LogP contribution in [0.25, 0.3) is 0 Å². The maximum atomic E-state index is 11.2. The van der Waals surface area contributed by atoms with E-state index >= 15 is 0 Å². The molecule has 0 aliphatic rings. The van der Waals surface area contributed by atoms with Gasteiger partial charge in [-0.2, -0.15) is 0 Å². The predicted octanol–water partition coefficient (Wildman–Crippen LogP) is 2.58. The third-order valence-corrected chi connectivity index (χ3v) is 5.98. The van der Waals surface area contributed by atoms with E-state index in [4.69, 9.17) is 18.0 Å². The van der Waals surface area contributed by atoms with Crippen LogP contribution in [0.5, 0.6) is 0 Å². The first-order valence-electron chi connectivity index (χ1n) is 7.67. The van der Waals surface area contributed by atoms with E-state index in [0.717, 1.165) is 0 Å². The van der Waals surface area contributed by atoms with Gasteiger partial charge < -0.3 is 18.0 Å². The molecule has 0 atom stereocenters. The van der Waals surface area contributed by atoms with Gasteiger partial charge in [-0.3, -0.25) is 0 Å². The molecule has 5 nitrogen and oxygen atoms in total. The molecule has 0 heterocycles. The molecule has 0 aliphatic carbocycles. The number of hydrogen-bond acceptors (Lipinski definition) is 5. The molecular weight excluding hydrogens is 332 g/mol. The first-order chi connectivity index (χ1) is 9.91. The molecule has 22 heavy (non-hydrogen) atoms. The summed E-state index contributed by atoms with van der Waals surface area (Å²) in [7, 11) is -4.23. The van der Waals surface area contributed by atoms with Crippen LogP contribution in [0.15, 0.2) is 12.2 Å². The van der Waals surface area contributed by atoms with Crippen molar-refractivity contribution in [3.8, 4) is 0 Å². The summed E-state index contributed by atoms with van der Waals surface area (Å²) in [6, 6.07) is 0. The summed E-state index contributed by atoms with van der Waals surface area (Å²) in [5, 5.41) is 0. The highest BCUT2D eigenvalue weighted by molar-refractivity contribution is 6.71. The Morgan fingerprint density at radius 1 is 1.05 bits per heavy atom. The first kappa shape index (κ1) is 21.7. The van der Waals surface area contributed by atoms with Crippen molar-refractivity contribution in [3.63, 3.8) is 0 Å². The van der Waals surface area contributed by atoms with Gasteiger partial charge in [0.2, 0.25) is 9.76 Å².